The summed E-state index contributed by atoms with van der Waals surface area (Å²) in [5, 5.41) is 4.81. The van der Waals surface area contributed by atoms with Crippen LogP contribution in [0.4, 0.5) is 0 Å². The molecule has 0 aromatic rings. The Balaban J connectivity index is 2.48. The summed E-state index contributed by atoms with van der Waals surface area (Å²) in [7, 11) is 0. The highest BCUT2D eigenvalue weighted by molar-refractivity contribution is 8.13. The zero-order valence-electron chi connectivity index (χ0n) is 14.4. The van der Waals surface area contributed by atoms with E-state index in [0.29, 0.717) is 16.9 Å². The number of amidine groups is 1. The molecule has 0 radical (unpaired) electrons. The Labute approximate surface area is 130 Å². The van der Waals surface area contributed by atoms with Gasteiger partial charge in [-0.25, -0.2) is 0 Å². The van der Waals surface area contributed by atoms with Crippen molar-refractivity contribution in [2.45, 2.75) is 79.7 Å². The van der Waals surface area contributed by atoms with Crippen LogP contribution >= 0.6 is 11.8 Å². The lowest BCUT2D eigenvalue weighted by Gasteiger charge is -2.36. The maximum absolute atomic E-state index is 4.87. The fourth-order valence-electron chi connectivity index (χ4n) is 2.50. The standard InChI is InChI=1S/C17H34N2S/c1-7-8-9-11-17(5,6)13-18-15-19-14(10-12-20-15)16(2,3)4/h14H,7-13H2,1-6H3,(H,18,19). The Bertz CT molecular complexity index is 315. The smallest absolute Gasteiger partial charge is 0.156 e. The largest absolute Gasteiger partial charge is 0.362 e. The summed E-state index contributed by atoms with van der Waals surface area (Å²) in [5.41, 5.74) is 0.650. The highest BCUT2D eigenvalue weighted by Gasteiger charge is 2.28. The molecule has 0 bridgehead atoms. The van der Waals surface area contributed by atoms with Gasteiger partial charge in [-0.05, 0) is 23.7 Å². The van der Waals surface area contributed by atoms with Crippen LogP contribution in [0.15, 0.2) is 4.99 Å². The van der Waals surface area contributed by atoms with Crippen molar-refractivity contribution in [3.8, 4) is 0 Å². The molecule has 0 aliphatic carbocycles. The lowest BCUT2D eigenvalue weighted by Crippen LogP contribution is -2.46. The second kappa shape index (κ2) is 7.72. The van der Waals surface area contributed by atoms with Crippen molar-refractivity contribution < 1.29 is 0 Å². The minimum absolute atomic E-state index is 0.318. The summed E-state index contributed by atoms with van der Waals surface area (Å²) < 4.78 is 0. The number of thioether (sulfide) groups is 1. The molecular weight excluding hydrogens is 264 g/mol. The lowest BCUT2D eigenvalue weighted by atomic mass is 9.85. The molecule has 1 fully saturated rings. The predicted octanol–water partition coefficient (Wildman–Crippen LogP) is 5.09. The fraction of sp³-hybridized carbons (Fsp3) is 0.941. The molecule has 1 unspecified atom stereocenters. The van der Waals surface area contributed by atoms with Crippen LogP contribution in [-0.2, 0) is 0 Å². The summed E-state index contributed by atoms with van der Waals surface area (Å²) in [4.78, 5) is 4.87. The van der Waals surface area contributed by atoms with E-state index in [0.717, 1.165) is 6.54 Å². The van der Waals surface area contributed by atoms with Gasteiger partial charge in [0.05, 0.1) is 0 Å². The molecule has 2 nitrogen and oxygen atoms in total. The monoisotopic (exact) mass is 298 g/mol. The lowest BCUT2D eigenvalue weighted by molar-refractivity contribution is 0.289. The van der Waals surface area contributed by atoms with Crippen molar-refractivity contribution >= 4 is 16.9 Å². The molecule has 0 aromatic carbocycles. The summed E-state index contributed by atoms with van der Waals surface area (Å²) in [6.07, 6.45) is 6.51. The third kappa shape index (κ3) is 6.51. The van der Waals surface area contributed by atoms with Gasteiger partial charge < -0.3 is 5.32 Å². The van der Waals surface area contributed by atoms with Crippen molar-refractivity contribution in [1.82, 2.24) is 5.32 Å². The molecular formula is C17H34N2S. The first-order valence-corrected chi connectivity index (χ1v) is 9.17. The molecule has 0 spiro atoms. The third-order valence-electron chi connectivity index (χ3n) is 4.10. The number of hydrogen-bond acceptors (Lipinski definition) is 2. The van der Waals surface area contributed by atoms with Crippen LogP contribution in [0.25, 0.3) is 0 Å². The Kier molecular flexibility index (Phi) is 6.90. The van der Waals surface area contributed by atoms with Gasteiger partial charge in [-0.15, -0.1) is 0 Å². The first kappa shape index (κ1) is 17.9. The van der Waals surface area contributed by atoms with Gasteiger partial charge in [0.1, 0.15) is 0 Å². The van der Waals surface area contributed by atoms with Gasteiger partial charge in [-0.1, -0.05) is 72.6 Å². The normalized spacial score (nSPS) is 22.9. The van der Waals surface area contributed by atoms with Crippen molar-refractivity contribution in [3.63, 3.8) is 0 Å². The van der Waals surface area contributed by atoms with Crippen molar-refractivity contribution in [2.24, 2.45) is 15.8 Å². The quantitative estimate of drug-likeness (QED) is 0.691. The Morgan fingerprint density at radius 1 is 1.20 bits per heavy atom. The van der Waals surface area contributed by atoms with Crippen LogP contribution in [0.2, 0.25) is 0 Å². The molecule has 0 saturated carbocycles. The molecule has 1 aliphatic heterocycles. The van der Waals surface area contributed by atoms with Crippen molar-refractivity contribution in [2.75, 3.05) is 12.3 Å². The van der Waals surface area contributed by atoms with Gasteiger partial charge >= 0.3 is 0 Å². The summed E-state index contributed by atoms with van der Waals surface area (Å²) in [5.74, 6) is 1.20. The van der Waals surface area contributed by atoms with E-state index in [2.05, 4.69) is 46.9 Å². The highest BCUT2D eigenvalue weighted by atomic mass is 32.2. The van der Waals surface area contributed by atoms with Gasteiger partial charge in [0.25, 0.3) is 0 Å². The summed E-state index contributed by atoms with van der Waals surface area (Å²) in [6, 6.07) is 0.561. The van der Waals surface area contributed by atoms with Gasteiger partial charge in [0.2, 0.25) is 0 Å². The number of nitrogens with zero attached hydrogens (tertiary/aromatic N) is 1. The molecule has 1 atom stereocenters. The molecule has 1 N–H and O–H groups in total. The third-order valence-corrected chi connectivity index (χ3v) is 5.06. The van der Waals surface area contributed by atoms with E-state index in [9.17, 15) is 0 Å². The zero-order chi connectivity index (χ0) is 15.2. The molecule has 3 heteroatoms. The SMILES string of the molecule is CCCCCC(C)(C)CN=C1NC(C(C)(C)C)CCS1. The molecule has 1 rings (SSSR count). The number of rotatable bonds is 6. The first-order valence-electron chi connectivity index (χ1n) is 8.18. The van der Waals surface area contributed by atoms with Crippen LogP contribution in [0, 0.1) is 10.8 Å². The van der Waals surface area contributed by atoms with E-state index in [-0.39, 0.29) is 0 Å². The molecule has 1 saturated heterocycles. The van der Waals surface area contributed by atoms with Gasteiger partial charge in [0.15, 0.2) is 5.17 Å². The van der Waals surface area contributed by atoms with Gasteiger partial charge in [-0.3, -0.25) is 4.99 Å². The maximum Gasteiger partial charge on any atom is 0.156 e. The van der Waals surface area contributed by atoms with E-state index >= 15 is 0 Å². The van der Waals surface area contributed by atoms with E-state index in [1.54, 1.807) is 0 Å². The average Bonchev–Trinajstić information content (AvgIpc) is 2.36. The Morgan fingerprint density at radius 2 is 1.90 bits per heavy atom. The Morgan fingerprint density at radius 3 is 2.50 bits per heavy atom. The minimum Gasteiger partial charge on any atom is -0.362 e. The molecule has 0 aromatic heterocycles. The van der Waals surface area contributed by atoms with Crippen molar-refractivity contribution in [1.29, 1.82) is 0 Å². The highest BCUT2D eigenvalue weighted by Crippen LogP contribution is 2.29. The van der Waals surface area contributed by atoms with E-state index in [1.807, 2.05) is 11.8 Å². The second-order valence-corrected chi connectivity index (χ2v) is 9.03. The van der Waals surface area contributed by atoms with Crippen LogP contribution in [-0.4, -0.2) is 23.5 Å². The van der Waals surface area contributed by atoms with Gasteiger partial charge in [0, 0.05) is 18.3 Å². The topological polar surface area (TPSA) is 24.4 Å². The van der Waals surface area contributed by atoms with Crippen LogP contribution in [0.3, 0.4) is 0 Å². The van der Waals surface area contributed by atoms with Crippen LogP contribution < -0.4 is 5.32 Å². The minimum atomic E-state index is 0.318. The number of aliphatic imine (C=N–C) groups is 1. The number of unbranched alkanes of at least 4 members (excludes halogenated alkanes) is 2. The summed E-state index contributed by atoms with van der Waals surface area (Å²) in [6.45, 7) is 14.8. The summed E-state index contributed by atoms with van der Waals surface area (Å²) >= 11 is 1.89. The van der Waals surface area contributed by atoms with Crippen LogP contribution in [0.5, 0.6) is 0 Å². The zero-order valence-corrected chi connectivity index (χ0v) is 15.2. The Hall–Kier alpha value is -0.180. The number of hydrogen-bond donors (Lipinski definition) is 1. The second-order valence-electron chi connectivity index (χ2n) is 7.94. The predicted molar refractivity (Wildman–Crippen MR) is 93.7 cm³/mol. The molecule has 1 aliphatic rings. The number of nitrogens with one attached hydrogen (secondary N) is 1. The van der Waals surface area contributed by atoms with E-state index in [4.69, 9.17) is 4.99 Å². The molecule has 118 valence electrons. The maximum atomic E-state index is 4.87. The van der Waals surface area contributed by atoms with Gasteiger partial charge in [-0.2, -0.15) is 0 Å². The molecule has 0 amide bonds. The van der Waals surface area contributed by atoms with E-state index in [1.165, 1.54) is 43.0 Å². The van der Waals surface area contributed by atoms with Crippen molar-refractivity contribution in [3.05, 3.63) is 0 Å². The van der Waals surface area contributed by atoms with E-state index < -0.39 is 0 Å². The average molecular weight is 299 g/mol. The molecule has 1 heterocycles. The fourth-order valence-corrected chi connectivity index (χ4v) is 3.42. The van der Waals surface area contributed by atoms with Crippen LogP contribution in [0.1, 0.15) is 73.6 Å². The molecule has 20 heavy (non-hydrogen) atoms. The first-order chi connectivity index (χ1) is 9.24.